The van der Waals surface area contributed by atoms with Crippen LogP contribution in [-0.4, -0.2) is 24.6 Å². The zero-order valence-corrected chi connectivity index (χ0v) is 10.4. The van der Waals surface area contributed by atoms with Crippen LogP contribution in [0.3, 0.4) is 0 Å². The van der Waals surface area contributed by atoms with Gasteiger partial charge in [-0.2, -0.15) is 13.2 Å². The maximum Gasteiger partial charge on any atom is 0.433 e. The molecular weight excluding hydrogens is 295 g/mol. The summed E-state index contributed by atoms with van der Waals surface area (Å²) in [5, 5.41) is 7.98. The molecule has 0 bridgehead atoms. The maximum atomic E-state index is 12.5. The van der Waals surface area contributed by atoms with E-state index in [-0.39, 0.29) is 5.15 Å². The van der Waals surface area contributed by atoms with Gasteiger partial charge < -0.3 is 0 Å². The molecule has 0 saturated heterocycles. The Morgan fingerprint density at radius 2 is 1.85 bits per heavy atom. The fourth-order valence-corrected chi connectivity index (χ4v) is 1.92. The van der Waals surface area contributed by atoms with Gasteiger partial charge >= 0.3 is 6.18 Å². The number of alkyl halides is 3. The van der Waals surface area contributed by atoms with Crippen LogP contribution in [0.25, 0.3) is 17.0 Å². The second kappa shape index (κ2) is 4.41. The van der Waals surface area contributed by atoms with E-state index >= 15 is 0 Å². The summed E-state index contributed by atoms with van der Waals surface area (Å²) in [7, 11) is 0. The minimum atomic E-state index is -4.48. The molecule has 0 saturated carbocycles. The molecular formula is C11H5ClF3N5. The number of nitrogens with zero attached hydrogens (tertiary/aromatic N) is 5. The highest BCUT2D eigenvalue weighted by Gasteiger charge is 2.32. The van der Waals surface area contributed by atoms with Crippen molar-refractivity contribution in [2.24, 2.45) is 0 Å². The van der Waals surface area contributed by atoms with Crippen LogP contribution in [0.4, 0.5) is 13.2 Å². The van der Waals surface area contributed by atoms with Gasteiger partial charge in [0.15, 0.2) is 11.5 Å². The molecule has 0 radical (unpaired) electrons. The first-order valence-corrected chi connectivity index (χ1v) is 5.73. The average molecular weight is 300 g/mol. The molecule has 102 valence electrons. The van der Waals surface area contributed by atoms with Crippen LogP contribution in [0.2, 0.25) is 5.15 Å². The summed E-state index contributed by atoms with van der Waals surface area (Å²) in [6.07, 6.45) is -0.568. The Hall–Kier alpha value is -2.22. The minimum Gasteiger partial charge on any atom is -0.262 e. The van der Waals surface area contributed by atoms with E-state index in [1.165, 1.54) is 22.9 Å². The highest BCUT2D eigenvalue weighted by molar-refractivity contribution is 6.29. The first kappa shape index (κ1) is 12.8. The van der Waals surface area contributed by atoms with Crippen molar-refractivity contribution in [3.8, 4) is 11.4 Å². The monoisotopic (exact) mass is 299 g/mol. The van der Waals surface area contributed by atoms with Crippen molar-refractivity contribution in [3.05, 3.63) is 41.6 Å². The van der Waals surface area contributed by atoms with E-state index in [4.69, 9.17) is 11.6 Å². The number of halogens is 4. The first-order chi connectivity index (χ1) is 9.47. The molecule has 0 aromatic carbocycles. The molecule has 0 amide bonds. The summed E-state index contributed by atoms with van der Waals surface area (Å²) in [5.74, 6) is 0.300. The lowest BCUT2D eigenvalue weighted by Crippen LogP contribution is -2.07. The Bertz CT molecular complexity index is 766. The second-order valence-corrected chi connectivity index (χ2v) is 4.26. The summed E-state index contributed by atoms with van der Waals surface area (Å²) in [5.41, 5.74) is -0.200. The molecule has 0 fully saturated rings. The van der Waals surface area contributed by atoms with E-state index in [0.29, 0.717) is 17.0 Å². The molecule has 0 aliphatic heterocycles. The van der Waals surface area contributed by atoms with Crippen LogP contribution >= 0.6 is 11.6 Å². The zero-order valence-electron chi connectivity index (χ0n) is 9.63. The third-order valence-corrected chi connectivity index (χ3v) is 2.85. The van der Waals surface area contributed by atoms with Crippen LogP contribution in [0.15, 0.2) is 30.7 Å². The van der Waals surface area contributed by atoms with Gasteiger partial charge in [0, 0.05) is 11.8 Å². The smallest absolute Gasteiger partial charge is 0.262 e. The molecule has 3 aromatic heterocycles. The lowest BCUT2D eigenvalue weighted by atomic mass is 10.2. The fourth-order valence-electron chi connectivity index (χ4n) is 1.69. The van der Waals surface area contributed by atoms with E-state index < -0.39 is 11.9 Å². The molecule has 0 unspecified atom stereocenters. The molecule has 5 nitrogen and oxygen atoms in total. The molecule has 0 N–H and O–H groups in total. The lowest BCUT2D eigenvalue weighted by molar-refractivity contribution is -0.141. The first-order valence-electron chi connectivity index (χ1n) is 5.35. The number of fused-ring (bicyclic) bond motifs is 1. The number of rotatable bonds is 1. The van der Waals surface area contributed by atoms with Gasteiger partial charge in [-0.25, -0.2) is 0 Å². The van der Waals surface area contributed by atoms with E-state index in [9.17, 15) is 13.2 Å². The van der Waals surface area contributed by atoms with Crippen LogP contribution in [-0.2, 0) is 6.18 Å². The highest BCUT2D eigenvalue weighted by atomic mass is 35.5. The van der Waals surface area contributed by atoms with Crippen molar-refractivity contribution in [1.82, 2.24) is 24.6 Å². The third-order valence-electron chi connectivity index (χ3n) is 2.58. The van der Waals surface area contributed by atoms with E-state index in [1.54, 1.807) is 0 Å². The predicted octanol–water partition coefficient (Wildman–Crippen LogP) is 2.86. The van der Waals surface area contributed by atoms with Gasteiger partial charge in [-0.05, 0) is 12.1 Å². The van der Waals surface area contributed by atoms with Gasteiger partial charge in [0.25, 0.3) is 0 Å². The van der Waals surface area contributed by atoms with E-state index in [2.05, 4.69) is 20.2 Å². The van der Waals surface area contributed by atoms with Crippen molar-refractivity contribution in [2.75, 3.05) is 0 Å². The Labute approximate surface area is 115 Å². The lowest BCUT2D eigenvalue weighted by Gasteiger charge is -2.06. The normalized spacial score (nSPS) is 12.0. The molecule has 9 heteroatoms. The van der Waals surface area contributed by atoms with Crippen LogP contribution in [0.5, 0.6) is 0 Å². The maximum absolute atomic E-state index is 12.5. The zero-order chi connectivity index (χ0) is 14.3. The average Bonchev–Trinajstić information content (AvgIpc) is 2.83. The van der Waals surface area contributed by atoms with Crippen molar-refractivity contribution in [1.29, 1.82) is 0 Å². The summed E-state index contributed by atoms with van der Waals surface area (Å²) >= 11 is 5.98. The van der Waals surface area contributed by atoms with Crippen molar-refractivity contribution >= 4 is 17.2 Å². The molecule has 20 heavy (non-hydrogen) atoms. The van der Waals surface area contributed by atoms with Gasteiger partial charge in [-0.3, -0.25) is 14.4 Å². The summed E-state index contributed by atoms with van der Waals surface area (Å²) in [4.78, 5) is 7.22. The quantitative estimate of drug-likeness (QED) is 0.693. The third kappa shape index (κ3) is 2.07. The Morgan fingerprint density at radius 3 is 2.50 bits per heavy atom. The predicted molar refractivity (Wildman–Crippen MR) is 64.0 cm³/mol. The largest absolute Gasteiger partial charge is 0.433 e. The van der Waals surface area contributed by atoms with Gasteiger partial charge in [0.2, 0.25) is 0 Å². The van der Waals surface area contributed by atoms with Gasteiger partial charge in [-0.1, -0.05) is 11.6 Å². The van der Waals surface area contributed by atoms with Crippen molar-refractivity contribution < 1.29 is 13.2 Å². The highest BCUT2D eigenvalue weighted by Crippen LogP contribution is 2.29. The molecule has 0 aliphatic carbocycles. The van der Waals surface area contributed by atoms with Crippen LogP contribution in [0.1, 0.15) is 5.69 Å². The van der Waals surface area contributed by atoms with Gasteiger partial charge in [0.05, 0.1) is 12.4 Å². The Morgan fingerprint density at radius 1 is 1.05 bits per heavy atom. The standard InChI is InChI=1S/C11H5ClF3N5/c12-8-4-16-5-9-18-19-10(20(8)9)6-1-2-7(17-3-6)11(13,14)15/h1-5H. The molecule has 3 rings (SSSR count). The topological polar surface area (TPSA) is 56.0 Å². The molecule has 0 aliphatic rings. The van der Waals surface area contributed by atoms with E-state index in [1.807, 2.05) is 0 Å². The number of pyridine rings is 1. The number of hydrogen-bond donors (Lipinski definition) is 0. The fraction of sp³-hybridized carbons (Fsp3) is 0.0909. The number of hydrogen-bond acceptors (Lipinski definition) is 4. The summed E-state index contributed by atoms with van der Waals surface area (Å²) < 4.78 is 38.8. The molecule has 3 aromatic rings. The Balaban J connectivity index is 2.12. The van der Waals surface area contributed by atoms with Crippen molar-refractivity contribution in [3.63, 3.8) is 0 Å². The van der Waals surface area contributed by atoms with Gasteiger partial charge in [0.1, 0.15) is 10.8 Å². The van der Waals surface area contributed by atoms with Crippen LogP contribution in [0, 0.1) is 0 Å². The second-order valence-electron chi connectivity index (χ2n) is 3.88. The van der Waals surface area contributed by atoms with E-state index in [0.717, 1.165) is 12.3 Å². The molecule has 3 heterocycles. The number of aromatic nitrogens is 5. The molecule has 0 spiro atoms. The summed E-state index contributed by atoms with van der Waals surface area (Å²) in [6.45, 7) is 0. The molecule has 0 atom stereocenters. The van der Waals surface area contributed by atoms with Crippen molar-refractivity contribution in [2.45, 2.75) is 6.18 Å². The van der Waals surface area contributed by atoms with Crippen LogP contribution < -0.4 is 0 Å². The Kier molecular flexibility index (Phi) is 2.82. The minimum absolute atomic E-state index is 0.252. The SMILES string of the molecule is FC(F)(F)c1ccc(-c2nnc3cncc(Cl)n23)cn1. The van der Waals surface area contributed by atoms with Gasteiger partial charge in [-0.15, -0.1) is 10.2 Å². The summed E-state index contributed by atoms with van der Waals surface area (Å²) in [6, 6.07) is 2.15.